The van der Waals surface area contributed by atoms with E-state index < -0.39 is 4.92 Å². The Labute approximate surface area is 113 Å². The molecule has 0 unspecified atom stereocenters. The third kappa shape index (κ3) is 3.10. The molecule has 2 aromatic rings. The Kier molecular flexibility index (Phi) is 3.81. The van der Waals surface area contributed by atoms with Gasteiger partial charge in [-0.15, -0.1) is 11.8 Å². The quantitative estimate of drug-likeness (QED) is 0.520. The van der Waals surface area contributed by atoms with Gasteiger partial charge in [-0.3, -0.25) is 10.1 Å². The average Bonchev–Trinajstić information content (AvgIpc) is 2.39. The van der Waals surface area contributed by atoms with Crippen molar-refractivity contribution in [1.82, 2.24) is 9.97 Å². The van der Waals surface area contributed by atoms with Crippen LogP contribution in [0.3, 0.4) is 0 Å². The highest BCUT2D eigenvalue weighted by Crippen LogP contribution is 2.29. The lowest BCUT2D eigenvalue weighted by atomic mass is 10.3. The van der Waals surface area contributed by atoms with Crippen LogP contribution in [0.25, 0.3) is 0 Å². The zero-order valence-electron chi connectivity index (χ0n) is 9.94. The van der Waals surface area contributed by atoms with Crippen LogP contribution >= 0.6 is 11.8 Å². The van der Waals surface area contributed by atoms with Crippen LogP contribution in [0.4, 0.5) is 11.6 Å². The molecule has 2 N–H and O–H groups in total. The van der Waals surface area contributed by atoms with Crippen LogP contribution in [-0.2, 0) is 0 Å². The molecule has 0 amide bonds. The summed E-state index contributed by atoms with van der Waals surface area (Å²) >= 11 is 1.58. The van der Waals surface area contributed by atoms with Gasteiger partial charge in [0.25, 0.3) is 0 Å². The lowest BCUT2D eigenvalue weighted by Gasteiger charge is -2.05. The van der Waals surface area contributed by atoms with Gasteiger partial charge in [0.2, 0.25) is 5.95 Å². The van der Waals surface area contributed by atoms with Crippen molar-refractivity contribution >= 4 is 23.4 Å². The van der Waals surface area contributed by atoms with Gasteiger partial charge in [0.15, 0.2) is 0 Å². The fraction of sp³-hybridized carbons (Fsp3) is 0.0909. The number of nitrogens with two attached hydrogens (primary N) is 1. The maximum atomic E-state index is 10.8. The molecular formula is C11H10N4O3S. The molecule has 0 radical (unpaired) electrons. The van der Waals surface area contributed by atoms with Gasteiger partial charge in [0.1, 0.15) is 11.9 Å². The average molecular weight is 278 g/mol. The lowest BCUT2D eigenvalue weighted by Crippen LogP contribution is -2.01. The third-order valence-electron chi connectivity index (χ3n) is 2.22. The monoisotopic (exact) mass is 278 g/mol. The maximum Gasteiger partial charge on any atom is 0.349 e. The van der Waals surface area contributed by atoms with Crippen molar-refractivity contribution in [3.8, 4) is 11.6 Å². The van der Waals surface area contributed by atoms with E-state index in [1.54, 1.807) is 23.9 Å². The first-order valence-electron chi connectivity index (χ1n) is 5.19. The van der Waals surface area contributed by atoms with E-state index >= 15 is 0 Å². The van der Waals surface area contributed by atoms with Gasteiger partial charge in [-0.05, 0) is 30.5 Å². The standard InChI is InChI=1S/C11H10N4O3S/c1-19-8-4-2-7(3-5-8)18-10-9(15(16)17)6-13-11(12)14-10/h2-6H,1H3,(H2,12,13,14). The van der Waals surface area contributed by atoms with E-state index in [-0.39, 0.29) is 17.5 Å². The van der Waals surface area contributed by atoms with Gasteiger partial charge in [-0.1, -0.05) is 0 Å². The number of hydrogen-bond donors (Lipinski definition) is 1. The third-order valence-corrected chi connectivity index (χ3v) is 2.97. The zero-order chi connectivity index (χ0) is 13.8. The Morgan fingerprint density at radius 3 is 2.63 bits per heavy atom. The molecule has 0 aliphatic carbocycles. The Hall–Kier alpha value is -2.35. The molecule has 2 rings (SSSR count). The highest BCUT2D eigenvalue weighted by Gasteiger charge is 2.18. The Morgan fingerprint density at radius 2 is 2.05 bits per heavy atom. The van der Waals surface area contributed by atoms with Crippen molar-refractivity contribution in [3.05, 3.63) is 40.6 Å². The summed E-state index contributed by atoms with van der Waals surface area (Å²) in [6.07, 6.45) is 2.97. The minimum Gasteiger partial charge on any atom is -0.434 e. The molecular weight excluding hydrogens is 268 g/mol. The predicted molar refractivity (Wildman–Crippen MR) is 71.4 cm³/mol. The van der Waals surface area contributed by atoms with Crippen LogP contribution in [0.5, 0.6) is 11.6 Å². The lowest BCUT2D eigenvalue weighted by molar-refractivity contribution is -0.386. The number of benzene rings is 1. The molecule has 1 aromatic heterocycles. The molecule has 0 saturated carbocycles. The minimum absolute atomic E-state index is 0.0821. The topological polar surface area (TPSA) is 104 Å². The minimum atomic E-state index is -0.620. The van der Waals surface area contributed by atoms with Crippen molar-refractivity contribution in [2.75, 3.05) is 12.0 Å². The van der Waals surface area contributed by atoms with E-state index in [0.29, 0.717) is 5.75 Å². The molecule has 0 saturated heterocycles. The molecule has 0 atom stereocenters. The fourth-order valence-corrected chi connectivity index (χ4v) is 1.74. The van der Waals surface area contributed by atoms with Gasteiger partial charge >= 0.3 is 11.6 Å². The molecule has 0 aliphatic heterocycles. The number of anilines is 1. The van der Waals surface area contributed by atoms with Crippen molar-refractivity contribution < 1.29 is 9.66 Å². The molecule has 1 heterocycles. The first-order valence-corrected chi connectivity index (χ1v) is 6.41. The molecule has 8 heteroatoms. The van der Waals surface area contributed by atoms with Crippen molar-refractivity contribution in [2.45, 2.75) is 4.90 Å². The number of ether oxygens (including phenoxy) is 1. The molecule has 0 fully saturated rings. The number of rotatable bonds is 4. The summed E-state index contributed by atoms with van der Waals surface area (Å²) < 4.78 is 5.37. The summed E-state index contributed by atoms with van der Waals surface area (Å²) in [6, 6.07) is 7.09. The number of nitro groups is 1. The Balaban J connectivity index is 2.31. The van der Waals surface area contributed by atoms with Crippen LogP contribution in [0.1, 0.15) is 0 Å². The van der Waals surface area contributed by atoms with Crippen LogP contribution in [0, 0.1) is 10.1 Å². The molecule has 19 heavy (non-hydrogen) atoms. The SMILES string of the molecule is CSc1ccc(Oc2nc(N)ncc2[N+](=O)[O-])cc1. The van der Waals surface area contributed by atoms with Crippen LogP contribution in [0.2, 0.25) is 0 Å². The molecule has 0 spiro atoms. The van der Waals surface area contributed by atoms with Crippen molar-refractivity contribution in [2.24, 2.45) is 0 Å². The fourth-order valence-electron chi connectivity index (χ4n) is 1.33. The highest BCUT2D eigenvalue weighted by molar-refractivity contribution is 7.98. The smallest absolute Gasteiger partial charge is 0.349 e. The van der Waals surface area contributed by atoms with Crippen LogP contribution < -0.4 is 10.5 Å². The summed E-state index contributed by atoms with van der Waals surface area (Å²) in [5.74, 6) is 0.190. The normalized spacial score (nSPS) is 10.2. The number of hydrogen-bond acceptors (Lipinski definition) is 7. The Morgan fingerprint density at radius 1 is 1.37 bits per heavy atom. The van der Waals surface area contributed by atoms with E-state index in [2.05, 4.69) is 9.97 Å². The predicted octanol–water partition coefficient (Wildman–Crippen LogP) is 2.48. The number of thioether (sulfide) groups is 1. The second-order valence-corrected chi connectivity index (χ2v) is 4.33. The van der Waals surface area contributed by atoms with Crippen LogP contribution in [-0.4, -0.2) is 21.1 Å². The Bertz CT molecular complexity index is 603. The summed E-state index contributed by atoms with van der Waals surface area (Å²) in [4.78, 5) is 18.6. The second-order valence-electron chi connectivity index (χ2n) is 3.45. The van der Waals surface area contributed by atoms with E-state index in [1.807, 2.05) is 18.4 Å². The van der Waals surface area contributed by atoms with Gasteiger partial charge in [-0.2, -0.15) is 4.98 Å². The van der Waals surface area contributed by atoms with Gasteiger partial charge in [0, 0.05) is 4.90 Å². The number of aromatic nitrogens is 2. The number of nitrogen functional groups attached to an aromatic ring is 1. The second kappa shape index (κ2) is 5.53. The van der Waals surface area contributed by atoms with E-state index in [4.69, 9.17) is 10.5 Å². The van der Waals surface area contributed by atoms with E-state index in [0.717, 1.165) is 11.1 Å². The zero-order valence-corrected chi connectivity index (χ0v) is 10.8. The summed E-state index contributed by atoms with van der Waals surface area (Å²) in [5, 5.41) is 10.8. The van der Waals surface area contributed by atoms with Gasteiger partial charge < -0.3 is 10.5 Å². The molecule has 0 aliphatic rings. The first-order chi connectivity index (χ1) is 9.10. The van der Waals surface area contributed by atoms with Gasteiger partial charge in [-0.25, -0.2) is 4.98 Å². The van der Waals surface area contributed by atoms with E-state index in [9.17, 15) is 10.1 Å². The number of nitrogens with zero attached hydrogens (tertiary/aromatic N) is 3. The van der Waals surface area contributed by atoms with Crippen molar-refractivity contribution in [1.29, 1.82) is 0 Å². The summed E-state index contributed by atoms with van der Waals surface area (Å²) in [6.45, 7) is 0. The summed E-state index contributed by atoms with van der Waals surface area (Å²) in [5.41, 5.74) is 5.07. The molecule has 0 bridgehead atoms. The first kappa shape index (κ1) is 13.1. The van der Waals surface area contributed by atoms with Crippen molar-refractivity contribution in [3.63, 3.8) is 0 Å². The molecule has 1 aromatic carbocycles. The van der Waals surface area contributed by atoms with Gasteiger partial charge in [0.05, 0.1) is 4.92 Å². The maximum absolute atomic E-state index is 10.8. The van der Waals surface area contributed by atoms with E-state index in [1.165, 1.54) is 0 Å². The van der Waals surface area contributed by atoms with Crippen LogP contribution in [0.15, 0.2) is 35.4 Å². The largest absolute Gasteiger partial charge is 0.434 e. The highest BCUT2D eigenvalue weighted by atomic mass is 32.2. The summed E-state index contributed by atoms with van der Waals surface area (Å²) in [7, 11) is 0. The molecule has 7 nitrogen and oxygen atoms in total. The molecule has 98 valence electrons.